The first kappa shape index (κ1) is 16.6. The zero-order valence-corrected chi connectivity index (χ0v) is 15.1. The van der Waals surface area contributed by atoms with Gasteiger partial charge in [0.2, 0.25) is 0 Å². The predicted octanol–water partition coefficient (Wildman–Crippen LogP) is 2.54. The van der Waals surface area contributed by atoms with E-state index in [1.165, 1.54) is 30.6 Å². The van der Waals surface area contributed by atoms with Gasteiger partial charge in [-0.25, -0.2) is 0 Å². The van der Waals surface area contributed by atoms with Gasteiger partial charge in [-0.2, -0.15) is 5.10 Å². The SMILES string of the molecule is Cn1cc(CN2CCC[C@@]3(COCCN(c4ccccc4)C3)C2)cn1. The number of hydrogen-bond donors (Lipinski definition) is 0. The van der Waals surface area contributed by atoms with Gasteiger partial charge in [-0.05, 0) is 31.5 Å². The zero-order valence-electron chi connectivity index (χ0n) is 15.1. The molecule has 1 aromatic carbocycles. The highest BCUT2D eigenvalue weighted by molar-refractivity contribution is 5.46. The fraction of sp³-hybridized carbons (Fsp3) is 0.550. The number of anilines is 1. The van der Waals surface area contributed by atoms with Gasteiger partial charge in [-0.3, -0.25) is 9.58 Å². The zero-order chi connectivity index (χ0) is 17.1. The molecule has 5 heteroatoms. The molecule has 0 amide bonds. The van der Waals surface area contributed by atoms with E-state index in [2.05, 4.69) is 51.4 Å². The van der Waals surface area contributed by atoms with E-state index in [1.54, 1.807) is 0 Å². The number of ether oxygens (including phenoxy) is 1. The molecule has 134 valence electrons. The van der Waals surface area contributed by atoms with Gasteiger partial charge in [0, 0.05) is 56.1 Å². The van der Waals surface area contributed by atoms with Crippen molar-refractivity contribution < 1.29 is 4.74 Å². The van der Waals surface area contributed by atoms with Gasteiger partial charge >= 0.3 is 0 Å². The molecular formula is C20H28N4O. The third-order valence-electron chi connectivity index (χ3n) is 5.47. The van der Waals surface area contributed by atoms with Gasteiger partial charge in [0.15, 0.2) is 0 Å². The number of para-hydroxylation sites is 1. The Morgan fingerprint density at radius 1 is 1.16 bits per heavy atom. The molecule has 0 aliphatic carbocycles. The van der Waals surface area contributed by atoms with E-state index in [9.17, 15) is 0 Å². The van der Waals surface area contributed by atoms with Crippen molar-refractivity contribution in [2.24, 2.45) is 12.5 Å². The molecule has 0 saturated carbocycles. The lowest BCUT2D eigenvalue weighted by Gasteiger charge is -2.44. The van der Waals surface area contributed by atoms with Gasteiger partial charge in [0.05, 0.1) is 19.4 Å². The summed E-state index contributed by atoms with van der Waals surface area (Å²) in [5, 5.41) is 4.31. The first-order valence-electron chi connectivity index (χ1n) is 9.30. The van der Waals surface area contributed by atoms with Crippen LogP contribution in [0.5, 0.6) is 0 Å². The summed E-state index contributed by atoms with van der Waals surface area (Å²) in [5.74, 6) is 0. The molecule has 0 N–H and O–H groups in total. The van der Waals surface area contributed by atoms with Crippen molar-refractivity contribution in [1.82, 2.24) is 14.7 Å². The van der Waals surface area contributed by atoms with E-state index in [4.69, 9.17) is 4.74 Å². The largest absolute Gasteiger partial charge is 0.379 e. The Morgan fingerprint density at radius 2 is 2.04 bits per heavy atom. The van der Waals surface area contributed by atoms with Crippen molar-refractivity contribution in [2.75, 3.05) is 44.3 Å². The van der Waals surface area contributed by atoms with E-state index in [1.807, 2.05) is 17.9 Å². The number of nitrogens with zero attached hydrogens (tertiary/aromatic N) is 4. The summed E-state index contributed by atoms with van der Waals surface area (Å²) < 4.78 is 7.95. The summed E-state index contributed by atoms with van der Waals surface area (Å²) in [6.45, 7) is 7.02. The maximum absolute atomic E-state index is 6.06. The van der Waals surface area contributed by atoms with Crippen LogP contribution < -0.4 is 4.90 Å². The molecule has 2 aromatic rings. The van der Waals surface area contributed by atoms with Gasteiger partial charge in [0.25, 0.3) is 0 Å². The topological polar surface area (TPSA) is 33.5 Å². The van der Waals surface area contributed by atoms with Crippen molar-refractivity contribution in [2.45, 2.75) is 19.4 Å². The second kappa shape index (κ2) is 7.18. The average Bonchev–Trinajstić information content (AvgIpc) is 2.92. The van der Waals surface area contributed by atoms with Crippen molar-refractivity contribution in [1.29, 1.82) is 0 Å². The van der Waals surface area contributed by atoms with Crippen LogP contribution in [-0.2, 0) is 18.3 Å². The maximum atomic E-state index is 6.06. The molecule has 2 aliphatic rings. The summed E-state index contributed by atoms with van der Waals surface area (Å²) in [7, 11) is 1.98. The summed E-state index contributed by atoms with van der Waals surface area (Å²) >= 11 is 0. The highest BCUT2D eigenvalue weighted by atomic mass is 16.5. The minimum absolute atomic E-state index is 0.229. The molecule has 1 atom stereocenters. The normalized spacial score (nSPS) is 25.2. The molecule has 5 nitrogen and oxygen atoms in total. The van der Waals surface area contributed by atoms with Crippen molar-refractivity contribution in [3.63, 3.8) is 0 Å². The molecule has 0 bridgehead atoms. The van der Waals surface area contributed by atoms with E-state index < -0.39 is 0 Å². The highest BCUT2D eigenvalue weighted by Gasteiger charge is 2.39. The van der Waals surface area contributed by atoms with Crippen LogP contribution >= 0.6 is 0 Å². The summed E-state index contributed by atoms with van der Waals surface area (Å²) in [6, 6.07) is 10.8. The third kappa shape index (κ3) is 3.88. The summed E-state index contributed by atoms with van der Waals surface area (Å²) in [4.78, 5) is 5.10. The Hall–Kier alpha value is -1.85. The van der Waals surface area contributed by atoms with Crippen LogP contribution in [-0.4, -0.2) is 54.1 Å². The van der Waals surface area contributed by atoms with Gasteiger partial charge in [0.1, 0.15) is 0 Å². The molecule has 25 heavy (non-hydrogen) atoms. The monoisotopic (exact) mass is 340 g/mol. The summed E-state index contributed by atoms with van der Waals surface area (Å²) in [5.41, 5.74) is 2.85. The Labute approximate surface area is 150 Å². The lowest BCUT2D eigenvalue weighted by molar-refractivity contribution is 0.0106. The van der Waals surface area contributed by atoms with Gasteiger partial charge < -0.3 is 9.64 Å². The Bertz CT molecular complexity index is 686. The fourth-order valence-corrected chi connectivity index (χ4v) is 4.36. The number of hydrogen-bond acceptors (Lipinski definition) is 4. The molecule has 1 spiro atoms. The van der Waals surface area contributed by atoms with E-state index in [0.717, 1.165) is 39.4 Å². The minimum Gasteiger partial charge on any atom is -0.379 e. The van der Waals surface area contributed by atoms with Crippen LogP contribution in [0.25, 0.3) is 0 Å². The van der Waals surface area contributed by atoms with Crippen LogP contribution in [0.3, 0.4) is 0 Å². The second-order valence-electron chi connectivity index (χ2n) is 7.65. The first-order chi connectivity index (χ1) is 12.2. The van der Waals surface area contributed by atoms with Crippen molar-refractivity contribution in [3.8, 4) is 0 Å². The van der Waals surface area contributed by atoms with Crippen LogP contribution in [0.1, 0.15) is 18.4 Å². The smallest absolute Gasteiger partial charge is 0.0641 e. The maximum Gasteiger partial charge on any atom is 0.0641 e. The molecule has 3 heterocycles. The standard InChI is InChI=1S/C20H28N4O/c1-22-13-18(12-21-22)14-23-9-5-8-20(15-23)16-24(10-11-25-17-20)19-6-3-2-4-7-19/h2-4,6-7,12-13H,5,8-11,14-17H2,1H3/t20-/m1/s1. The van der Waals surface area contributed by atoms with Gasteiger partial charge in [-0.1, -0.05) is 18.2 Å². The molecule has 4 rings (SSSR count). The quantitative estimate of drug-likeness (QED) is 0.860. The highest BCUT2D eigenvalue weighted by Crippen LogP contribution is 2.35. The average molecular weight is 340 g/mol. The number of aromatic nitrogens is 2. The number of likely N-dealkylation sites (tertiary alicyclic amines) is 1. The molecular weight excluding hydrogens is 312 g/mol. The van der Waals surface area contributed by atoms with Crippen LogP contribution in [0, 0.1) is 5.41 Å². The van der Waals surface area contributed by atoms with Crippen LogP contribution in [0.2, 0.25) is 0 Å². The minimum atomic E-state index is 0.229. The number of piperidine rings is 1. The molecule has 1 aromatic heterocycles. The fourth-order valence-electron chi connectivity index (χ4n) is 4.36. The Morgan fingerprint density at radius 3 is 2.84 bits per heavy atom. The van der Waals surface area contributed by atoms with Crippen LogP contribution in [0.4, 0.5) is 5.69 Å². The lowest BCUT2D eigenvalue weighted by atomic mass is 9.80. The number of benzene rings is 1. The van der Waals surface area contributed by atoms with Crippen molar-refractivity contribution in [3.05, 3.63) is 48.3 Å². The van der Waals surface area contributed by atoms with Crippen LogP contribution in [0.15, 0.2) is 42.7 Å². The predicted molar refractivity (Wildman–Crippen MR) is 99.6 cm³/mol. The number of rotatable bonds is 3. The first-order valence-corrected chi connectivity index (χ1v) is 9.30. The van der Waals surface area contributed by atoms with E-state index in [-0.39, 0.29) is 5.41 Å². The lowest BCUT2D eigenvalue weighted by Crippen LogP contribution is -2.50. The van der Waals surface area contributed by atoms with Crippen molar-refractivity contribution >= 4 is 5.69 Å². The Balaban J connectivity index is 1.48. The molecule has 0 unspecified atom stereocenters. The van der Waals surface area contributed by atoms with E-state index >= 15 is 0 Å². The molecule has 2 aliphatic heterocycles. The van der Waals surface area contributed by atoms with E-state index in [0.29, 0.717) is 0 Å². The molecule has 2 fully saturated rings. The third-order valence-corrected chi connectivity index (χ3v) is 5.47. The molecule has 2 saturated heterocycles. The van der Waals surface area contributed by atoms with Gasteiger partial charge in [-0.15, -0.1) is 0 Å². The second-order valence-corrected chi connectivity index (χ2v) is 7.65. The molecule has 0 radical (unpaired) electrons. The number of aryl methyl sites for hydroxylation is 1. The summed E-state index contributed by atoms with van der Waals surface area (Å²) in [6.07, 6.45) is 6.61. The Kier molecular flexibility index (Phi) is 4.77.